The Morgan fingerprint density at radius 2 is 1.87 bits per heavy atom. The summed E-state index contributed by atoms with van der Waals surface area (Å²) in [5, 5.41) is 18.3. The highest BCUT2D eigenvalue weighted by Gasteiger charge is 2.52. The minimum absolute atomic E-state index is 0.00109. The number of carboxylic acids is 1. The molecule has 0 saturated heterocycles. The van der Waals surface area contributed by atoms with E-state index in [-0.39, 0.29) is 47.4 Å². The Hall–Kier alpha value is -4.47. The molecule has 240 valence electrons. The standard InChI is InChI=1S/C29H28F4N4O7S/c1-44-23-11-22(30)18(7-15-12-34-37(13-15)14-24(38)39)9-21(23)27(40)36-26-17-6-5-16(8-17)25(26)28(41)35-19-3-2-4-20(10-19)45(42,43)29(31,32)33/h2-4,9-13,16-17,25-26H,5-8,14H2,1H3,(H,35,41)(H,36,40)(H,38,39). The number of alkyl halides is 3. The second-order valence-corrected chi connectivity index (χ2v) is 13.0. The number of carbonyl (C=O) groups is 3. The third-order valence-electron chi connectivity index (χ3n) is 8.23. The molecular weight excluding hydrogens is 624 g/mol. The zero-order valence-electron chi connectivity index (χ0n) is 23.7. The van der Waals surface area contributed by atoms with E-state index in [0.29, 0.717) is 18.4 Å². The Morgan fingerprint density at radius 3 is 2.56 bits per heavy atom. The Bertz CT molecular complexity index is 1760. The van der Waals surface area contributed by atoms with Crippen LogP contribution >= 0.6 is 0 Å². The Labute approximate surface area is 254 Å². The van der Waals surface area contributed by atoms with E-state index in [4.69, 9.17) is 9.84 Å². The van der Waals surface area contributed by atoms with Crippen molar-refractivity contribution in [3.8, 4) is 5.75 Å². The van der Waals surface area contributed by atoms with Gasteiger partial charge in [-0.15, -0.1) is 0 Å². The largest absolute Gasteiger partial charge is 0.501 e. The van der Waals surface area contributed by atoms with Crippen LogP contribution in [0.15, 0.2) is 53.7 Å². The molecule has 0 aliphatic heterocycles. The zero-order chi connectivity index (χ0) is 32.7. The highest BCUT2D eigenvalue weighted by atomic mass is 32.2. The van der Waals surface area contributed by atoms with Crippen LogP contribution in [0.3, 0.4) is 0 Å². The van der Waals surface area contributed by atoms with Crippen LogP contribution in [-0.4, -0.2) is 59.7 Å². The molecule has 11 nitrogen and oxygen atoms in total. The smallest absolute Gasteiger partial charge is 0.496 e. The SMILES string of the molecule is COc1cc(F)c(Cc2cnn(CC(=O)O)c2)cc1C(=O)NC1C2CCC(C2)C1C(=O)Nc1cccc(S(=O)(=O)C(F)(F)F)c1. The molecule has 45 heavy (non-hydrogen) atoms. The number of amides is 2. The number of benzene rings is 2. The molecule has 2 bridgehead atoms. The number of aromatic nitrogens is 2. The molecule has 4 atom stereocenters. The van der Waals surface area contributed by atoms with Crippen LogP contribution in [0.4, 0.5) is 23.2 Å². The van der Waals surface area contributed by atoms with Crippen LogP contribution in [0.5, 0.6) is 5.75 Å². The van der Waals surface area contributed by atoms with Gasteiger partial charge >= 0.3 is 11.5 Å². The fourth-order valence-electron chi connectivity index (χ4n) is 6.23. The van der Waals surface area contributed by atoms with Crippen LogP contribution in [-0.2, 0) is 32.4 Å². The molecule has 1 heterocycles. The highest BCUT2D eigenvalue weighted by Crippen LogP contribution is 2.49. The maximum absolute atomic E-state index is 15.0. The lowest BCUT2D eigenvalue weighted by Crippen LogP contribution is -2.48. The molecule has 0 radical (unpaired) electrons. The number of methoxy groups -OCH3 is 1. The third-order valence-corrected chi connectivity index (χ3v) is 9.71. The average molecular weight is 653 g/mol. The van der Waals surface area contributed by atoms with Gasteiger partial charge in [-0.2, -0.15) is 18.3 Å². The summed E-state index contributed by atoms with van der Waals surface area (Å²) in [5.41, 5.74) is -5.04. The van der Waals surface area contributed by atoms with Gasteiger partial charge in [0.2, 0.25) is 5.91 Å². The van der Waals surface area contributed by atoms with E-state index in [1.165, 1.54) is 36.3 Å². The number of halogens is 4. The van der Waals surface area contributed by atoms with Crippen LogP contribution in [0, 0.1) is 23.6 Å². The van der Waals surface area contributed by atoms with Gasteiger partial charge in [-0.1, -0.05) is 6.07 Å². The molecule has 0 spiro atoms. The maximum atomic E-state index is 15.0. The van der Waals surface area contributed by atoms with Crippen molar-refractivity contribution in [1.82, 2.24) is 15.1 Å². The van der Waals surface area contributed by atoms with Crippen molar-refractivity contribution in [3.05, 3.63) is 71.3 Å². The quantitative estimate of drug-likeness (QED) is 0.280. The number of hydrogen-bond acceptors (Lipinski definition) is 7. The lowest BCUT2D eigenvalue weighted by molar-refractivity contribution is -0.137. The van der Waals surface area contributed by atoms with E-state index in [9.17, 15) is 40.4 Å². The Morgan fingerprint density at radius 1 is 1.13 bits per heavy atom. The summed E-state index contributed by atoms with van der Waals surface area (Å²) < 4.78 is 84.3. The molecule has 3 N–H and O–H groups in total. The number of carboxylic acid groups (broad SMARTS) is 1. The van der Waals surface area contributed by atoms with Crippen LogP contribution in [0.25, 0.3) is 0 Å². The first-order valence-corrected chi connectivity index (χ1v) is 15.3. The number of nitrogens with zero attached hydrogens (tertiary/aromatic N) is 2. The summed E-state index contributed by atoms with van der Waals surface area (Å²) in [5.74, 6) is -4.00. The molecule has 2 aliphatic rings. The maximum Gasteiger partial charge on any atom is 0.501 e. The van der Waals surface area contributed by atoms with Crippen molar-refractivity contribution in [2.24, 2.45) is 17.8 Å². The number of carbonyl (C=O) groups excluding carboxylic acids is 2. The van der Waals surface area contributed by atoms with Gasteiger partial charge in [0.25, 0.3) is 15.7 Å². The van der Waals surface area contributed by atoms with E-state index in [1.807, 2.05) is 0 Å². The van der Waals surface area contributed by atoms with E-state index in [1.54, 1.807) is 0 Å². The molecule has 2 fully saturated rings. The van der Waals surface area contributed by atoms with Gasteiger partial charge in [0.1, 0.15) is 18.1 Å². The van der Waals surface area contributed by atoms with E-state index >= 15 is 0 Å². The Kier molecular flexibility index (Phi) is 8.62. The zero-order valence-corrected chi connectivity index (χ0v) is 24.5. The van der Waals surface area contributed by atoms with Crippen molar-refractivity contribution in [2.75, 3.05) is 12.4 Å². The number of rotatable bonds is 10. The van der Waals surface area contributed by atoms with E-state index in [0.717, 1.165) is 30.7 Å². The minimum atomic E-state index is -5.63. The van der Waals surface area contributed by atoms with Gasteiger partial charge in [0, 0.05) is 30.4 Å². The molecule has 3 aromatic rings. The lowest BCUT2D eigenvalue weighted by atomic mass is 9.83. The molecule has 1 aromatic heterocycles. The number of aliphatic carboxylic acids is 1. The van der Waals surface area contributed by atoms with Gasteiger partial charge < -0.3 is 20.5 Å². The Balaban J connectivity index is 1.35. The number of nitrogens with one attached hydrogen (secondary N) is 2. The molecular formula is C29H28F4N4O7S. The van der Waals surface area contributed by atoms with Gasteiger partial charge in [-0.3, -0.25) is 19.1 Å². The summed E-state index contributed by atoms with van der Waals surface area (Å²) in [6.45, 7) is -0.380. The van der Waals surface area contributed by atoms with Gasteiger partial charge in [-0.25, -0.2) is 12.8 Å². The summed E-state index contributed by atoms with van der Waals surface area (Å²) in [4.78, 5) is 36.9. The van der Waals surface area contributed by atoms with Crippen molar-refractivity contribution < 1.29 is 50.2 Å². The number of hydrogen-bond donors (Lipinski definition) is 3. The predicted molar refractivity (Wildman–Crippen MR) is 150 cm³/mol. The first-order valence-electron chi connectivity index (χ1n) is 13.8. The second kappa shape index (κ2) is 12.1. The fourth-order valence-corrected chi connectivity index (χ4v) is 7.04. The number of ether oxygens (including phenoxy) is 1. The molecule has 2 aromatic carbocycles. The number of anilines is 1. The third kappa shape index (κ3) is 6.50. The summed E-state index contributed by atoms with van der Waals surface area (Å²) in [6, 6.07) is 5.58. The monoisotopic (exact) mass is 652 g/mol. The molecule has 4 unspecified atom stereocenters. The summed E-state index contributed by atoms with van der Waals surface area (Å²) >= 11 is 0. The van der Waals surface area contributed by atoms with E-state index in [2.05, 4.69) is 15.7 Å². The lowest BCUT2D eigenvalue weighted by Gasteiger charge is -2.31. The van der Waals surface area contributed by atoms with Crippen molar-refractivity contribution >= 4 is 33.3 Å². The van der Waals surface area contributed by atoms with Crippen molar-refractivity contribution in [2.45, 2.75) is 48.7 Å². The van der Waals surface area contributed by atoms with Crippen molar-refractivity contribution in [3.63, 3.8) is 0 Å². The summed E-state index contributed by atoms with van der Waals surface area (Å²) in [7, 11) is -4.37. The van der Waals surface area contributed by atoms with Crippen LogP contribution < -0.4 is 15.4 Å². The van der Waals surface area contributed by atoms with Crippen LogP contribution in [0.1, 0.15) is 40.7 Å². The molecule has 5 rings (SSSR count). The number of fused-ring (bicyclic) bond motifs is 2. The topological polar surface area (TPSA) is 157 Å². The minimum Gasteiger partial charge on any atom is -0.496 e. The normalized spacial score (nSPS) is 21.0. The highest BCUT2D eigenvalue weighted by molar-refractivity contribution is 7.92. The predicted octanol–water partition coefficient (Wildman–Crippen LogP) is 3.78. The van der Waals surface area contributed by atoms with Gasteiger partial charge in [0.15, 0.2) is 0 Å². The van der Waals surface area contributed by atoms with Crippen LogP contribution in [0.2, 0.25) is 0 Å². The van der Waals surface area contributed by atoms with Crippen molar-refractivity contribution in [1.29, 1.82) is 0 Å². The first kappa shape index (κ1) is 31.9. The number of sulfone groups is 1. The summed E-state index contributed by atoms with van der Waals surface area (Å²) in [6.07, 6.45) is 4.88. The second-order valence-electron chi connectivity index (χ2n) is 11.1. The fraction of sp³-hybridized carbons (Fsp3) is 0.379. The first-order chi connectivity index (χ1) is 21.2. The van der Waals surface area contributed by atoms with Gasteiger partial charge in [-0.05, 0) is 66.5 Å². The molecule has 16 heteroatoms. The van der Waals surface area contributed by atoms with Gasteiger partial charge in [0.05, 0.1) is 29.7 Å². The molecule has 2 saturated carbocycles. The average Bonchev–Trinajstić information content (AvgIpc) is 3.70. The van der Waals surface area contributed by atoms with E-state index < -0.39 is 55.8 Å². The molecule has 2 amide bonds. The molecule has 2 aliphatic carbocycles.